The van der Waals surface area contributed by atoms with Gasteiger partial charge in [-0.15, -0.1) is 0 Å². The van der Waals surface area contributed by atoms with Crippen molar-refractivity contribution < 1.29 is 4.79 Å². The van der Waals surface area contributed by atoms with Crippen LogP contribution in [0.15, 0.2) is 24.5 Å². The van der Waals surface area contributed by atoms with Gasteiger partial charge in [0.15, 0.2) is 0 Å². The minimum atomic E-state index is -0.0712. The third kappa shape index (κ3) is 1.80. The summed E-state index contributed by atoms with van der Waals surface area (Å²) < 4.78 is 0. The molecule has 1 aliphatic carbocycles. The average Bonchev–Trinajstić information content (AvgIpc) is 2.29. The summed E-state index contributed by atoms with van der Waals surface area (Å²) in [7, 11) is 0. The maximum absolute atomic E-state index is 11.9. The summed E-state index contributed by atoms with van der Waals surface area (Å²) in [5.74, 6) is -0.0712. The lowest BCUT2D eigenvalue weighted by molar-refractivity contribution is 0.0586. The fourth-order valence-electron chi connectivity index (χ4n) is 1.94. The third-order valence-electron chi connectivity index (χ3n) is 3.57. The van der Waals surface area contributed by atoms with Crippen LogP contribution in [0.25, 0.3) is 0 Å². The number of carbonyl (C=O) groups is 1. The molecular weight excluding hydrogens is 202 g/mol. The van der Waals surface area contributed by atoms with E-state index in [1.165, 1.54) is 0 Å². The lowest BCUT2D eigenvalue weighted by Crippen LogP contribution is -2.64. The Morgan fingerprint density at radius 1 is 1.62 bits per heavy atom. The zero-order chi connectivity index (χ0) is 11.8. The number of nitrogens with one attached hydrogen (secondary N) is 1. The molecule has 0 saturated heterocycles. The van der Waals surface area contributed by atoms with E-state index in [-0.39, 0.29) is 23.4 Å². The van der Waals surface area contributed by atoms with Crippen molar-refractivity contribution in [3.8, 4) is 0 Å². The lowest BCUT2D eigenvalue weighted by atomic mass is 9.63. The molecule has 0 bridgehead atoms. The maximum Gasteiger partial charge on any atom is 0.253 e. The van der Waals surface area contributed by atoms with Crippen LogP contribution in [0.2, 0.25) is 0 Å². The molecular formula is C12H17N3O. The summed E-state index contributed by atoms with van der Waals surface area (Å²) in [6.45, 7) is 4.16. The van der Waals surface area contributed by atoms with Crippen LogP contribution in [0.1, 0.15) is 30.6 Å². The van der Waals surface area contributed by atoms with E-state index in [0.29, 0.717) is 5.56 Å². The van der Waals surface area contributed by atoms with Gasteiger partial charge in [0.05, 0.1) is 5.56 Å². The molecule has 1 amide bonds. The Hall–Kier alpha value is -1.42. The van der Waals surface area contributed by atoms with Gasteiger partial charge >= 0.3 is 0 Å². The molecule has 2 unspecified atom stereocenters. The molecule has 3 N–H and O–H groups in total. The second kappa shape index (κ2) is 3.87. The van der Waals surface area contributed by atoms with Crippen molar-refractivity contribution in [2.24, 2.45) is 11.1 Å². The molecule has 1 aromatic heterocycles. The molecule has 0 radical (unpaired) electrons. The maximum atomic E-state index is 11.9. The molecule has 2 rings (SSSR count). The topological polar surface area (TPSA) is 68.0 Å². The van der Waals surface area contributed by atoms with Gasteiger partial charge in [0, 0.05) is 29.9 Å². The van der Waals surface area contributed by atoms with E-state index in [9.17, 15) is 4.79 Å². The summed E-state index contributed by atoms with van der Waals surface area (Å²) >= 11 is 0. The molecule has 86 valence electrons. The van der Waals surface area contributed by atoms with E-state index in [4.69, 9.17) is 5.73 Å². The molecule has 2 atom stereocenters. The first kappa shape index (κ1) is 11.1. The number of carbonyl (C=O) groups excluding carboxylic acids is 1. The largest absolute Gasteiger partial charge is 0.349 e. The highest BCUT2D eigenvalue weighted by Crippen LogP contribution is 2.39. The quantitative estimate of drug-likeness (QED) is 0.777. The zero-order valence-electron chi connectivity index (χ0n) is 9.60. The van der Waals surface area contributed by atoms with Crippen molar-refractivity contribution in [3.63, 3.8) is 0 Å². The predicted octanol–water partition coefficient (Wildman–Crippen LogP) is 0.937. The fraction of sp³-hybridized carbons (Fsp3) is 0.500. The van der Waals surface area contributed by atoms with E-state index >= 15 is 0 Å². The van der Waals surface area contributed by atoms with E-state index in [0.717, 1.165) is 6.42 Å². The molecule has 0 spiro atoms. The molecule has 1 fully saturated rings. The molecule has 1 heterocycles. The summed E-state index contributed by atoms with van der Waals surface area (Å²) in [6, 6.07) is 3.85. The molecule has 0 aliphatic heterocycles. The Bertz CT molecular complexity index is 389. The third-order valence-corrected chi connectivity index (χ3v) is 3.57. The Kier molecular flexibility index (Phi) is 2.68. The molecule has 1 aromatic rings. The summed E-state index contributed by atoms with van der Waals surface area (Å²) in [4.78, 5) is 15.8. The minimum absolute atomic E-state index is 0.0160. The van der Waals surface area contributed by atoms with Crippen LogP contribution in [0.3, 0.4) is 0 Å². The van der Waals surface area contributed by atoms with Crippen molar-refractivity contribution in [2.75, 3.05) is 0 Å². The number of pyridine rings is 1. The van der Waals surface area contributed by atoms with Crippen molar-refractivity contribution >= 4 is 5.91 Å². The summed E-state index contributed by atoms with van der Waals surface area (Å²) in [5, 5.41) is 2.99. The SMILES string of the molecule is CC1(C)C(N)CC1NC(=O)c1cccnc1. The van der Waals surface area contributed by atoms with Gasteiger partial charge in [-0.2, -0.15) is 0 Å². The zero-order valence-corrected chi connectivity index (χ0v) is 9.60. The second-order valence-electron chi connectivity index (χ2n) is 4.93. The minimum Gasteiger partial charge on any atom is -0.349 e. The number of nitrogens with zero attached hydrogens (tertiary/aromatic N) is 1. The molecule has 0 aromatic carbocycles. The first-order valence-electron chi connectivity index (χ1n) is 5.48. The number of amides is 1. The van der Waals surface area contributed by atoms with Gasteiger partial charge < -0.3 is 11.1 Å². The highest BCUT2D eigenvalue weighted by atomic mass is 16.1. The molecule has 4 nitrogen and oxygen atoms in total. The van der Waals surface area contributed by atoms with Gasteiger partial charge in [0.25, 0.3) is 5.91 Å². The highest BCUT2D eigenvalue weighted by molar-refractivity contribution is 5.94. The number of rotatable bonds is 2. The van der Waals surface area contributed by atoms with Crippen LogP contribution in [0.4, 0.5) is 0 Å². The van der Waals surface area contributed by atoms with Crippen LogP contribution in [0.5, 0.6) is 0 Å². The van der Waals surface area contributed by atoms with E-state index in [2.05, 4.69) is 24.1 Å². The van der Waals surface area contributed by atoms with Crippen molar-refractivity contribution in [1.82, 2.24) is 10.3 Å². The lowest BCUT2D eigenvalue weighted by Gasteiger charge is -2.50. The van der Waals surface area contributed by atoms with Crippen molar-refractivity contribution in [2.45, 2.75) is 32.4 Å². The van der Waals surface area contributed by atoms with Crippen LogP contribution in [-0.2, 0) is 0 Å². The van der Waals surface area contributed by atoms with E-state index in [1.807, 2.05) is 0 Å². The molecule has 1 aliphatic rings. The van der Waals surface area contributed by atoms with Gasteiger partial charge in [-0.25, -0.2) is 0 Å². The average molecular weight is 219 g/mol. The monoisotopic (exact) mass is 219 g/mol. The first-order chi connectivity index (χ1) is 7.51. The Balaban J connectivity index is 2.00. The van der Waals surface area contributed by atoms with E-state index < -0.39 is 0 Å². The fourth-order valence-corrected chi connectivity index (χ4v) is 1.94. The summed E-state index contributed by atoms with van der Waals surface area (Å²) in [6.07, 6.45) is 4.07. The molecule has 16 heavy (non-hydrogen) atoms. The van der Waals surface area contributed by atoms with Gasteiger partial charge in [-0.05, 0) is 18.6 Å². The highest BCUT2D eigenvalue weighted by Gasteiger charge is 2.46. The Morgan fingerprint density at radius 3 is 2.88 bits per heavy atom. The molecule has 4 heteroatoms. The predicted molar refractivity (Wildman–Crippen MR) is 61.9 cm³/mol. The standard InChI is InChI=1S/C12H17N3O/c1-12(2)9(13)6-10(12)15-11(16)8-4-3-5-14-7-8/h3-5,7,9-10H,6,13H2,1-2H3,(H,15,16). The van der Waals surface area contributed by atoms with Crippen LogP contribution >= 0.6 is 0 Å². The Morgan fingerprint density at radius 2 is 2.38 bits per heavy atom. The second-order valence-corrected chi connectivity index (χ2v) is 4.93. The van der Waals surface area contributed by atoms with Crippen LogP contribution in [0, 0.1) is 5.41 Å². The van der Waals surface area contributed by atoms with Crippen LogP contribution in [-0.4, -0.2) is 23.0 Å². The first-order valence-corrected chi connectivity index (χ1v) is 5.48. The summed E-state index contributed by atoms with van der Waals surface area (Å²) in [5.41, 5.74) is 6.48. The van der Waals surface area contributed by atoms with Gasteiger partial charge in [0.1, 0.15) is 0 Å². The number of hydrogen-bond acceptors (Lipinski definition) is 3. The van der Waals surface area contributed by atoms with E-state index in [1.54, 1.807) is 24.5 Å². The number of aromatic nitrogens is 1. The number of nitrogens with two attached hydrogens (primary N) is 1. The Labute approximate surface area is 95.3 Å². The smallest absolute Gasteiger partial charge is 0.253 e. The van der Waals surface area contributed by atoms with Gasteiger partial charge in [-0.3, -0.25) is 9.78 Å². The number of hydrogen-bond donors (Lipinski definition) is 2. The van der Waals surface area contributed by atoms with Gasteiger partial charge in [-0.1, -0.05) is 13.8 Å². The van der Waals surface area contributed by atoms with Crippen molar-refractivity contribution in [3.05, 3.63) is 30.1 Å². The molecule has 1 saturated carbocycles. The van der Waals surface area contributed by atoms with Gasteiger partial charge in [0.2, 0.25) is 0 Å². The van der Waals surface area contributed by atoms with Crippen LogP contribution < -0.4 is 11.1 Å². The normalized spacial score (nSPS) is 26.9. The van der Waals surface area contributed by atoms with Crippen molar-refractivity contribution in [1.29, 1.82) is 0 Å².